The molecule has 0 aliphatic carbocycles. The van der Waals surface area contributed by atoms with Crippen molar-refractivity contribution < 1.29 is 9.53 Å². The summed E-state index contributed by atoms with van der Waals surface area (Å²) in [7, 11) is 0. The summed E-state index contributed by atoms with van der Waals surface area (Å²) in [6.07, 6.45) is 0.860. The van der Waals surface area contributed by atoms with Crippen LogP contribution in [0.2, 0.25) is 0 Å². The third-order valence-electron chi connectivity index (χ3n) is 2.24. The molecule has 16 heavy (non-hydrogen) atoms. The van der Waals surface area contributed by atoms with Crippen LogP contribution in [0.5, 0.6) is 0 Å². The lowest BCUT2D eigenvalue weighted by Crippen LogP contribution is -2.13. The Balaban J connectivity index is 0.000000288. The molecule has 0 saturated heterocycles. The SMILES string of the molecule is CCOC(=O)C(C)CC.Cc1ccccc1. The molecule has 1 aromatic rings. The van der Waals surface area contributed by atoms with Crippen LogP contribution in [0.15, 0.2) is 30.3 Å². The number of aryl methyl sites for hydroxylation is 1. The molecule has 0 N–H and O–H groups in total. The van der Waals surface area contributed by atoms with Gasteiger partial charge in [0.25, 0.3) is 0 Å². The molecule has 0 aliphatic heterocycles. The Kier molecular flexibility index (Phi) is 8.22. The first-order valence-corrected chi connectivity index (χ1v) is 5.80. The van der Waals surface area contributed by atoms with Crippen molar-refractivity contribution in [1.29, 1.82) is 0 Å². The van der Waals surface area contributed by atoms with Gasteiger partial charge in [0.05, 0.1) is 12.5 Å². The summed E-state index contributed by atoms with van der Waals surface area (Å²) >= 11 is 0. The van der Waals surface area contributed by atoms with Crippen molar-refractivity contribution in [3.63, 3.8) is 0 Å². The maximum atomic E-state index is 10.8. The van der Waals surface area contributed by atoms with Gasteiger partial charge in [-0.1, -0.05) is 49.7 Å². The van der Waals surface area contributed by atoms with Crippen LogP contribution in [0.3, 0.4) is 0 Å². The molecule has 90 valence electrons. The minimum atomic E-state index is -0.0833. The number of hydrogen-bond acceptors (Lipinski definition) is 2. The summed E-state index contributed by atoms with van der Waals surface area (Å²) < 4.78 is 4.76. The van der Waals surface area contributed by atoms with Crippen LogP contribution in [-0.2, 0) is 9.53 Å². The first-order chi connectivity index (χ1) is 7.61. The third-order valence-corrected chi connectivity index (χ3v) is 2.24. The number of hydrogen-bond donors (Lipinski definition) is 0. The van der Waals surface area contributed by atoms with Crippen molar-refractivity contribution in [2.24, 2.45) is 5.92 Å². The minimum absolute atomic E-state index is 0.0601. The molecule has 1 aromatic carbocycles. The minimum Gasteiger partial charge on any atom is -0.466 e. The number of esters is 1. The second-order valence-electron chi connectivity index (χ2n) is 3.72. The summed E-state index contributed by atoms with van der Waals surface area (Å²) in [5, 5.41) is 0. The van der Waals surface area contributed by atoms with Gasteiger partial charge < -0.3 is 4.74 Å². The highest BCUT2D eigenvalue weighted by molar-refractivity contribution is 5.71. The van der Waals surface area contributed by atoms with Crippen molar-refractivity contribution in [1.82, 2.24) is 0 Å². The average Bonchev–Trinajstić information content (AvgIpc) is 2.30. The first kappa shape index (κ1) is 14.7. The van der Waals surface area contributed by atoms with E-state index in [0.29, 0.717) is 6.61 Å². The Morgan fingerprint density at radius 3 is 2.12 bits per heavy atom. The standard InChI is InChI=1S/C7H14O2.C7H8/c1-4-6(3)7(8)9-5-2;1-7-5-3-2-4-6-7/h6H,4-5H2,1-3H3;2-6H,1H3. The lowest BCUT2D eigenvalue weighted by atomic mass is 10.1. The van der Waals surface area contributed by atoms with E-state index in [-0.39, 0.29) is 11.9 Å². The van der Waals surface area contributed by atoms with Crippen molar-refractivity contribution in [3.05, 3.63) is 35.9 Å². The van der Waals surface area contributed by atoms with Gasteiger partial charge in [-0.25, -0.2) is 0 Å². The Labute approximate surface area is 98.6 Å². The topological polar surface area (TPSA) is 26.3 Å². The monoisotopic (exact) mass is 222 g/mol. The fraction of sp³-hybridized carbons (Fsp3) is 0.500. The molecule has 0 aromatic heterocycles. The van der Waals surface area contributed by atoms with Crippen molar-refractivity contribution in [2.75, 3.05) is 6.61 Å². The molecule has 0 fully saturated rings. The summed E-state index contributed by atoms with van der Waals surface area (Å²) in [5.74, 6) is -0.0232. The van der Waals surface area contributed by atoms with Gasteiger partial charge in [-0.05, 0) is 20.3 Å². The van der Waals surface area contributed by atoms with Crippen LogP contribution < -0.4 is 0 Å². The van der Waals surface area contributed by atoms with Gasteiger partial charge in [-0.15, -0.1) is 0 Å². The van der Waals surface area contributed by atoms with E-state index in [2.05, 4.69) is 19.1 Å². The first-order valence-electron chi connectivity index (χ1n) is 5.80. The predicted molar refractivity (Wildman–Crippen MR) is 67.3 cm³/mol. The molecule has 2 heteroatoms. The normalized spacial score (nSPS) is 11.0. The molecule has 0 spiro atoms. The van der Waals surface area contributed by atoms with Crippen LogP contribution in [0.4, 0.5) is 0 Å². The highest BCUT2D eigenvalue weighted by Crippen LogP contribution is 2.01. The fourth-order valence-electron chi connectivity index (χ4n) is 0.986. The molecule has 1 unspecified atom stereocenters. The van der Waals surface area contributed by atoms with Crippen molar-refractivity contribution >= 4 is 5.97 Å². The van der Waals surface area contributed by atoms with Gasteiger partial charge in [-0.2, -0.15) is 0 Å². The van der Waals surface area contributed by atoms with Crippen LogP contribution in [0.25, 0.3) is 0 Å². The molecule has 0 bridgehead atoms. The Hall–Kier alpha value is -1.31. The lowest BCUT2D eigenvalue weighted by molar-refractivity contribution is -0.147. The molecule has 2 nitrogen and oxygen atoms in total. The number of ether oxygens (including phenoxy) is 1. The van der Waals surface area contributed by atoms with E-state index in [9.17, 15) is 4.79 Å². The van der Waals surface area contributed by atoms with E-state index in [0.717, 1.165) is 6.42 Å². The van der Waals surface area contributed by atoms with Gasteiger partial charge in [0.15, 0.2) is 0 Å². The zero-order chi connectivity index (χ0) is 12.4. The van der Waals surface area contributed by atoms with Gasteiger partial charge in [0.1, 0.15) is 0 Å². The molecule has 0 saturated carbocycles. The summed E-state index contributed by atoms with van der Waals surface area (Å²) in [6, 6.07) is 10.3. The Bertz CT molecular complexity index is 280. The largest absolute Gasteiger partial charge is 0.466 e. The second-order valence-corrected chi connectivity index (χ2v) is 3.72. The number of carbonyl (C=O) groups is 1. The van der Waals surface area contributed by atoms with E-state index in [1.54, 1.807) is 0 Å². The molecule has 1 rings (SSSR count). The van der Waals surface area contributed by atoms with Crippen LogP contribution in [0, 0.1) is 12.8 Å². The third kappa shape index (κ3) is 7.04. The Morgan fingerprint density at radius 1 is 1.25 bits per heavy atom. The van der Waals surface area contributed by atoms with Gasteiger partial charge in [-0.3, -0.25) is 4.79 Å². The number of benzene rings is 1. The highest BCUT2D eigenvalue weighted by atomic mass is 16.5. The zero-order valence-corrected chi connectivity index (χ0v) is 10.7. The molecule has 0 heterocycles. The van der Waals surface area contributed by atoms with Crippen molar-refractivity contribution in [3.8, 4) is 0 Å². The highest BCUT2D eigenvalue weighted by Gasteiger charge is 2.09. The van der Waals surface area contributed by atoms with Crippen LogP contribution in [0.1, 0.15) is 32.8 Å². The maximum Gasteiger partial charge on any atom is 0.308 e. The van der Waals surface area contributed by atoms with Crippen LogP contribution >= 0.6 is 0 Å². The van der Waals surface area contributed by atoms with E-state index >= 15 is 0 Å². The van der Waals surface area contributed by atoms with E-state index < -0.39 is 0 Å². The van der Waals surface area contributed by atoms with Gasteiger partial charge >= 0.3 is 5.97 Å². The maximum absolute atomic E-state index is 10.8. The average molecular weight is 222 g/mol. The molecule has 0 radical (unpaired) electrons. The summed E-state index contributed by atoms with van der Waals surface area (Å²) in [4.78, 5) is 10.8. The summed E-state index contributed by atoms with van der Waals surface area (Å²) in [5.41, 5.74) is 1.32. The molecular weight excluding hydrogens is 200 g/mol. The van der Waals surface area contributed by atoms with E-state index in [1.807, 2.05) is 39.0 Å². The fourth-order valence-corrected chi connectivity index (χ4v) is 0.986. The summed E-state index contributed by atoms with van der Waals surface area (Å²) in [6.45, 7) is 8.24. The molecule has 0 aliphatic rings. The van der Waals surface area contributed by atoms with E-state index in [1.165, 1.54) is 5.56 Å². The number of rotatable bonds is 3. The molecular formula is C14H22O2. The second kappa shape index (κ2) is 8.96. The predicted octanol–water partition coefficient (Wildman–Crippen LogP) is 3.59. The van der Waals surface area contributed by atoms with Crippen molar-refractivity contribution in [2.45, 2.75) is 34.1 Å². The lowest BCUT2D eigenvalue weighted by Gasteiger charge is -2.05. The smallest absolute Gasteiger partial charge is 0.308 e. The molecule has 0 amide bonds. The quantitative estimate of drug-likeness (QED) is 0.730. The van der Waals surface area contributed by atoms with Gasteiger partial charge in [0.2, 0.25) is 0 Å². The zero-order valence-electron chi connectivity index (χ0n) is 10.7. The van der Waals surface area contributed by atoms with Gasteiger partial charge in [0, 0.05) is 0 Å². The van der Waals surface area contributed by atoms with Crippen LogP contribution in [-0.4, -0.2) is 12.6 Å². The number of carbonyl (C=O) groups excluding carboxylic acids is 1. The van der Waals surface area contributed by atoms with E-state index in [4.69, 9.17) is 4.74 Å². The Morgan fingerprint density at radius 2 is 1.81 bits per heavy atom. The molecule has 1 atom stereocenters.